The van der Waals surface area contributed by atoms with Gasteiger partial charge in [0.15, 0.2) is 0 Å². The van der Waals surface area contributed by atoms with Crippen LogP contribution < -0.4 is 0 Å². The van der Waals surface area contributed by atoms with E-state index in [2.05, 4.69) is 0 Å². The van der Waals surface area contributed by atoms with Crippen molar-refractivity contribution in [3.8, 4) is 5.75 Å². The molecule has 1 aliphatic heterocycles. The SMILES string of the molecule is O=C1OCC(c2ccccc2O)=C1c1cccs1. The number of thiophene rings is 1. The monoisotopic (exact) mass is 258 g/mol. The van der Waals surface area contributed by atoms with Crippen molar-refractivity contribution in [2.24, 2.45) is 0 Å². The summed E-state index contributed by atoms with van der Waals surface area (Å²) in [6, 6.07) is 10.8. The van der Waals surface area contributed by atoms with E-state index in [-0.39, 0.29) is 18.3 Å². The zero-order valence-corrected chi connectivity index (χ0v) is 10.2. The summed E-state index contributed by atoms with van der Waals surface area (Å²) in [5.74, 6) is -0.157. The molecule has 18 heavy (non-hydrogen) atoms. The Kier molecular flexibility index (Phi) is 2.64. The highest BCUT2D eigenvalue weighted by atomic mass is 32.1. The molecule has 0 saturated carbocycles. The molecule has 1 aromatic carbocycles. The molecule has 1 aliphatic rings. The third-order valence-electron chi connectivity index (χ3n) is 2.85. The summed E-state index contributed by atoms with van der Waals surface area (Å²) in [7, 11) is 0. The lowest BCUT2D eigenvalue weighted by molar-refractivity contribution is -0.133. The molecule has 0 spiro atoms. The fraction of sp³-hybridized carbons (Fsp3) is 0.0714. The van der Waals surface area contributed by atoms with Crippen LogP contribution in [0.4, 0.5) is 0 Å². The first-order chi connectivity index (χ1) is 8.77. The van der Waals surface area contributed by atoms with Crippen molar-refractivity contribution >= 4 is 28.5 Å². The van der Waals surface area contributed by atoms with Crippen molar-refractivity contribution in [2.75, 3.05) is 6.61 Å². The number of hydrogen-bond donors (Lipinski definition) is 1. The predicted octanol–water partition coefficient (Wildman–Crippen LogP) is 2.92. The lowest BCUT2D eigenvalue weighted by Gasteiger charge is -2.05. The highest BCUT2D eigenvalue weighted by Crippen LogP contribution is 2.37. The molecule has 90 valence electrons. The van der Waals surface area contributed by atoms with Crippen LogP contribution in [0.25, 0.3) is 11.1 Å². The molecule has 0 fully saturated rings. The minimum atomic E-state index is -0.323. The Morgan fingerprint density at radius 1 is 1.17 bits per heavy atom. The average molecular weight is 258 g/mol. The van der Waals surface area contributed by atoms with Crippen molar-refractivity contribution in [1.82, 2.24) is 0 Å². The summed E-state index contributed by atoms with van der Waals surface area (Å²) >= 11 is 1.49. The average Bonchev–Trinajstić information content (AvgIpc) is 2.98. The first-order valence-electron chi connectivity index (χ1n) is 5.50. The topological polar surface area (TPSA) is 46.5 Å². The molecular formula is C14H10O3S. The Hall–Kier alpha value is -2.07. The molecule has 0 saturated heterocycles. The summed E-state index contributed by atoms with van der Waals surface area (Å²) in [5, 5.41) is 11.8. The van der Waals surface area contributed by atoms with E-state index in [0.717, 1.165) is 10.5 Å². The molecule has 2 heterocycles. The van der Waals surface area contributed by atoms with Crippen molar-refractivity contribution in [3.05, 3.63) is 52.2 Å². The maximum absolute atomic E-state index is 11.8. The maximum Gasteiger partial charge on any atom is 0.340 e. The van der Waals surface area contributed by atoms with E-state index in [4.69, 9.17) is 4.74 Å². The van der Waals surface area contributed by atoms with Crippen LogP contribution in [-0.4, -0.2) is 17.7 Å². The zero-order chi connectivity index (χ0) is 12.5. The Labute approximate surface area is 108 Å². The number of phenols is 1. The van der Waals surface area contributed by atoms with Crippen LogP contribution in [0.2, 0.25) is 0 Å². The Morgan fingerprint density at radius 3 is 2.72 bits per heavy atom. The number of benzene rings is 1. The van der Waals surface area contributed by atoms with Crippen LogP contribution in [0.1, 0.15) is 10.4 Å². The number of cyclic esters (lactones) is 1. The van der Waals surface area contributed by atoms with Gasteiger partial charge in [0.25, 0.3) is 0 Å². The van der Waals surface area contributed by atoms with Crippen LogP contribution in [0.3, 0.4) is 0 Å². The van der Waals surface area contributed by atoms with E-state index in [1.807, 2.05) is 23.6 Å². The Balaban J connectivity index is 2.20. The summed E-state index contributed by atoms with van der Waals surface area (Å²) < 4.78 is 5.09. The number of carbonyl (C=O) groups is 1. The van der Waals surface area contributed by atoms with Gasteiger partial charge in [-0.25, -0.2) is 4.79 Å². The van der Waals surface area contributed by atoms with Crippen LogP contribution in [0.5, 0.6) is 5.75 Å². The van der Waals surface area contributed by atoms with Crippen LogP contribution in [-0.2, 0) is 9.53 Å². The molecule has 0 atom stereocenters. The van der Waals surface area contributed by atoms with Crippen molar-refractivity contribution < 1.29 is 14.6 Å². The normalized spacial score (nSPS) is 15.0. The smallest absolute Gasteiger partial charge is 0.340 e. The first kappa shape index (κ1) is 11.0. The molecule has 1 aromatic heterocycles. The van der Waals surface area contributed by atoms with E-state index < -0.39 is 0 Å². The van der Waals surface area contributed by atoms with Gasteiger partial charge >= 0.3 is 5.97 Å². The highest BCUT2D eigenvalue weighted by Gasteiger charge is 2.28. The number of phenolic OH excluding ortho intramolecular Hbond substituents is 1. The first-order valence-corrected chi connectivity index (χ1v) is 6.38. The second-order valence-electron chi connectivity index (χ2n) is 3.92. The largest absolute Gasteiger partial charge is 0.507 e. The number of para-hydroxylation sites is 1. The number of carbonyl (C=O) groups excluding carboxylic acids is 1. The fourth-order valence-electron chi connectivity index (χ4n) is 2.02. The molecule has 2 aromatic rings. The zero-order valence-electron chi connectivity index (χ0n) is 9.42. The van der Waals surface area contributed by atoms with Gasteiger partial charge in [0.1, 0.15) is 12.4 Å². The second-order valence-corrected chi connectivity index (χ2v) is 4.87. The van der Waals surface area contributed by atoms with E-state index >= 15 is 0 Å². The molecule has 0 bridgehead atoms. The predicted molar refractivity (Wildman–Crippen MR) is 70.2 cm³/mol. The van der Waals surface area contributed by atoms with Crippen molar-refractivity contribution in [2.45, 2.75) is 0 Å². The molecule has 3 rings (SSSR count). The summed E-state index contributed by atoms with van der Waals surface area (Å²) in [6.07, 6.45) is 0. The third kappa shape index (κ3) is 1.71. The summed E-state index contributed by atoms with van der Waals surface area (Å²) in [4.78, 5) is 12.7. The van der Waals surface area contributed by atoms with Crippen LogP contribution in [0.15, 0.2) is 41.8 Å². The van der Waals surface area contributed by atoms with Gasteiger partial charge in [-0.15, -0.1) is 11.3 Å². The third-order valence-corrected chi connectivity index (χ3v) is 3.74. The van der Waals surface area contributed by atoms with E-state index in [1.165, 1.54) is 11.3 Å². The second kappa shape index (κ2) is 4.31. The number of esters is 1. The van der Waals surface area contributed by atoms with E-state index in [0.29, 0.717) is 11.1 Å². The van der Waals surface area contributed by atoms with Gasteiger partial charge < -0.3 is 9.84 Å². The minimum absolute atomic E-state index is 0.167. The molecule has 0 radical (unpaired) electrons. The van der Waals surface area contributed by atoms with Crippen LogP contribution in [0, 0.1) is 0 Å². The summed E-state index contributed by atoms with van der Waals surface area (Å²) in [6.45, 7) is 0.212. The van der Waals surface area contributed by atoms with E-state index in [9.17, 15) is 9.90 Å². The van der Waals surface area contributed by atoms with Gasteiger partial charge in [0, 0.05) is 16.0 Å². The number of hydrogen-bond acceptors (Lipinski definition) is 4. The van der Waals surface area contributed by atoms with Gasteiger partial charge in [-0.05, 0) is 17.5 Å². The number of rotatable bonds is 2. The summed E-state index contributed by atoms with van der Waals surface area (Å²) in [5.41, 5.74) is 1.97. The molecule has 1 N–H and O–H groups in total. The molecule has 0 aliphatic carbocycles. The number of ether oxygens (including phenoxy) is 1. The molecular weight excluding hydrogens is 248 g/mol. The van der Waals surface area contributed by atoms with Crippen molar-refractivity contribution in [1.29, 1.82) is 0 Å². The van der Waals surface area contributed by atoms with Gasteiger partial charge in [0.2, 0.25) is 0 Å². The highest BCUT2D eigenvalue weighted by molar-refractivity contribution is 7.11. The lowest BCUT2D eigenvalue weighted by atomic mass is 10.0. The maximum atomic E-state index is 11.8. The Morgan fingerprint density at radius 2 is 2.00 bits per heavy atom. The van der Waals surface area contributed by atoms with Gasteiger partial charge in [-0.3, -0.25) is 0 Å². The molecule has 0 unspecified atom stereocenters. The molecule has 3 nitrogen and oxygen atoms in total. The Bertz CT molecular complexity index is 626. The molecule has 4 heteroatoms. The van der Waals surface area contributed by atoms with Gasteiger partial charge in [-0.2, -0.15) is 0 Å². The number of aromatic hydroxyl groups is 1. The fourth-order valence-corrected chi connectivity index (χ4v) is 2.80. The quantitative estimate of drug-likeness (QED) is 0.842. The lowest BCUT2D eigenvalue weighted by Crippen LogP contribution is -1.96. The van der Waals surface area contributed by atoms with Gasteiger partial charge in [-0.1, -0.05) is 24.3 Å². The standard InChI is InChI=1S/C14H10O3S/c15-11-5-2-1-4-9(11)10-8-17-14(16)13(10)12-6-3-7-18-12/h1-7,15H,8H2. The van der Waals surface area contributed by atoms with Gasteiger partial charge in [0.05, 0.1) is 5.57 Å². The van der Waals surface area contributed by atoms with Crippen molar-refractivity contribution in [3.63, 3.8) is 0 Å². The van der Waals surface area contributed by atoms with Crippen LogP contribution >= 0.6 is 11.3 Å². The molecule has 0 amide bonds. The van der Waals surface area contributed by atoms with E-state index in [1.54, 1.807) is 18.2 Å². The minimum Gasteiger partial charge on any atom is -0.507 e.